The second-order valence-electron chi connectivity index (χ2n) is 17.0. The number of hydrogen-bond acceptors (Lipinski definition) is 3. The van der Waals surface area contributed by atoms with E-state index < -0.39 is 5.92 Å². The molecule has 3 saturated heterocycles. The van der Waals surface area contributed by atoms with Crippen LogP contribution in [0, 0.1) is 51.2 Å². The molecule has 0 aromatic heterocycles. The molecule has 1 saturated carbocycles. The predicted octanol–water partition coefficient (Wildman–Crippen LogP) is 8.72. The van der Waals surface area contributed by atoms with E-state index >= 15 is 8.78 Å². The van der Waals surface area contributed by atoms with Crippen molar-refractivity contribution >= 4 is 0 Å². The minimum Gasteiger partial charge on any atom is -0.378 e. The molecule has 3 heterocycles. The van der Waals surface area contributed by atoms with Gasteiger partial charge in [-0.1, -0.05) is 55.4 Å². The minimum absolute atomic E-state index is 0.00290. The van der Waals surface area contributed by atoms with Gasteiger partial charge in [-0.3, -0.25) is 0 Å². The quantitative estimate of drug-likeness (QED) is 0.293. The van der Waals surface area contributed by atoms with E-state index in [0.717, 1.165) is 51.5 Å². The average molecular weight is 567 g/mol. The lowest BCUT2D eigenvalue weighted by Gasteiger charge is -2.57. The number of piperidine rings is 2. The maximum atomic E-state index is 15.1. The highest BCUT2D eigenvalue weighted by atomic mass is 19.3. The maximum Gasteiger partial charge on any atom is 0.248 e. The van der Waals surface area contributed by atoms with Crippen LogP contribution in [0.2, 0.25) is 0 Å². The highest BCUT2D eigenvalue weighted by molar-refractivity contribution is 5.03. The Morgan fingerprint density at radius 2 is 1.38 bits per heavy atom. The topological polar surface area (TPSA) is 33.3 Å². The standard InChI is InChI=1S/C35H64F2N2O/c1-31(2,16-17-32(3,4)27-10-9-18-39-24-27)26-14-21-40-30(22-26)28-23-35(36,37)15-11-29(28)34(7,8)33(5,6)25-12-19-38-20-13-25/h25-30,38-39H,9-24H2,1-8H3. The van der Waals surface area contributed by atoms with Crippen LogP contribution in [-0.4, -0.2) is 44.8 Å². The molecule has 0 aromatic carbocycles. The summed E-state index contributed by atoms with van der Waals surface area (Å²) in [4.78, 5) is 0. The lowest BCUT2D eigenvalue weighted by atomic mass is 9.49. The number of ether oxygens (including phenoxy) is 1. The number of halogens is 2. The SMILES string of the molecule is CC(C)(CCC(C)(C)C1CCOC(C2CC(F)(F)CCC2C(C)(C)C(C)(C)C2CCNCC2)C1)C1CCCNC1. The first-order valence-corrected chi connectivity index (χ1v) is 17.0. The van der Waals surface area contributed by atoms with Gasteiger partial charge in [-0.05, 0) is 135 Å². The Hall–Kier alpha value is -0.260. The molecule has 0 aromatic rings. The molecule has 0 bridgehead atoms. The minimum atomic E-state index is -2.57. The van der Waals surface area contributed by atoms with E-state index in [0.29, 0.717) is 23.7 Å². The number of rotatable bonds is 9. The molecule has 234 valence electrons. The predicted molar refractivity (Wildman–Crippen MR) is 164 cm³/mol. The maximum absolute atomic E-state index is 15.1. The lowest BCUT2D eigenvalue weighted by Crippen LogP contribution is -2.54. The molecular weight excluding hydrogens is 502 g/mol. The zero-order chi connectivity index (χ0) is 29.4. The first-order chi connectivity index (χ1) is 18.6. The first-order valence-electron chi connectivity index (χ1n) is 17.0. The van der Waals surface area contributed by atoms with Crippen LogP contribution in [0.1, 0.15) is 126 Å². The van der Waals surface area contributed by atoms with Crippen molar-refractivity contribution in [2.45, 2.75) is 138 Å². The van der Waals surface area contributed by atoms with Crippen LogP contribution in [0.15, 0.2) is 0 Å². The summed E-state index contributed by atoms with van der Waals surface area (Å²) >= 11 is 0. The molecule has 1 aliphatic carbocycles. The van der Waals surface area contributed by atoms with Gasteiger partial charge in [-0.15, -0.1) is 0 Å². The number of hydrogen-bond donors (Lipinski definition) is 2. The molecule has 5 unspecified atom stereocenters. The molecule has 0 radical (unpaired) electrons. The van der Waals surface area contributed by atoms with Gasteiger partial charge in [0, 0.05) is 19.4 Å². The fourth-order valence-corrected chi connectivity index (χ4v) is 9.41. The first kappa shape index (κ1) is 32.6. The van der Waals surface area contributed by atoms with Crippen molar-refractivity contribution < 1.29 is 13.5 Å². The van der Waals surface area contributed by atoms with Crippen LogP contribution in [0.4, 0.5) is 8.78 Å². The van der Waals surface area contributed by atoms with Crippen LogP contribution < -0.4 is 10.6 Å². The van der Waals surface area contributed by atoms with Crippen molar-refractivity contribution in [3.63, 3.8) is 0 Å². The Morgan fingerprint density at radius 1 is 0.725 bits per heavy atom. The van der Waals surface area contributed by atoms with Crippen molar-refractivity contribution in [2.24, 2.45) is 51.2 Å². The average Bonchev–Trinajstić information content (AvgIpc) is 2.92. The highest BCUT2D eigenvalue weighted by Crippen LogP contribution is 2.59. The molecule has 0 spiro atoms. The summed E-state index contributed by atoms with van der Waals surface area (Å²) in [6.45, 7) is 24.7. The monoisotopic (exact) mass is 566 g/mol. The Kier molecular flexibility index (Phi) is 10.1. The third-order valence-corrected chi connectivity index (χ3v) is 13.5. The van der Waals surface area contributed by atoms with Crippen molar-refractivity contribution in [2.75, 3.05) is 32.8 Å². The molecule has 40 heavy (non-hydrogen) atoms. The molecule has 3 nitrogen and oxygen atoms in total. The molecule has 4 aliphatic rings. The van der Waals surface area contributed by atoms with Crippen molar-refractivity contribution in [3.8, 4) is 0 Å². The van der Waals surface area contributed by atoms with E-state index in [2.05, 4.69) is 66.0 Å². The molecule has 4 fully saturated rings. The summed E-state index contributed by atoms with van der Waals surface area (Å²) in [6, 6.07) is 0. The second kappa shape index (κ2) is 12.4. The van der Waals surface area contributed by atoms with Gasteiger partial charge < -0.3 is 15.4 Å². The van der Waals surface area contributed by atoms with Crippen LogP contribution >= 0.6 is 0 Å². The van der Waals surface area contributed by atoms with Crippen LogP contribution in [0.25, 0.3) is 0 Å². The molecule has 2 N–H and O–H groups in total. The van der Waals surface area contributed by atoms with Crippen molar-refractivity contribution in [1.82, 2.24) is 10.6 Å². The van der Waals surface area contributed by atoms with E-state index in [9.17, 15) is 0 Å². The van der Waals surface area contributed by atoms with E-state index in [4.69, 9.17) is 4.74 Å². The fourth-order valence-electron chi connectivity index (χ4n) is 9.41. The number of nitrogens with one attached hydrogen (secondary N) is 2. The second-order valence-corrected chi connectivity index (χ2v) is 17.0. The summed E-state index contributed by atoms with van der Waals surface area (Å²) in [5.74, 6) is -0.461. The van der Waals surface area contributed by atoms with Crippen LogP contribution in [0.5, 0.6) is 0 Å². The van der Waals surface area contributed by atoms with E-state index in [1.54, 1.807) is 0 Å². The van der Waals surface area contributed by atoms with E-state index in [1.165, 1.54) is 38.5 Å². The summed E-state index contributed by atoms with van der Waals surface area (Å²) in [5.41, 5.74) is 0.589. The van der Waals surface area contributed by atoms with Gasteiger partial charge >= 0.3 is 0 Å². The van der Waals surface area contributed by atoms with Gasteiger partial charge in [0.1, 0.15) is 0 Å². The Bertz CT molecular complexity index is 810. The van der Waals surface area contributed by atoms with E-state index in [1.807, 2.05) is 0 Å². The summed E-state index contributed by atoms with van der Waals surface area (Å²) in [5, 5.41) is 7.14. The third kappa shape index (κ3) is 7.09. The molecule has 5 heteroatoms. The zero-order valence-electron chi connectivity index (χ0n) is 27.4. The lowest BCUT2D eigenvalue weighted by molar-refractivity contribution is -0.170. The molecule has 5 atom stereocenters. The van der Waals surface area contributed by atoms with Gasteiger partial charge in [-0.25, -0.2) is 8.78 Å². The zero-order valence-corrected chi connectivity index (χ0v) is 27.4. The Morgan fingerprint density at radius 3 is 2.00 bits per heavy atom. The van der Waals surface area contributed by atoms with Crippen molar-refractivity contribution in [3.05, 3.63) is 0 Å². The van der Waals surface area contributed by atoms with Crippen LogP contribution in [-0.2, 0) is 4.74 Å². The van der Waals surface area contributed by atoms with Gasteiger partial charge in [0.05, 0.1) is 6.10 Å². The Labute approximate surface area is 246 Å². The summed E-state index contributed by atoms with van der Waals surface area (Å²) in [7, 11) is 0. The summed E-state index contributed by atoms with van der Waals surface area (Å²) in [6.07, 6.45) is 10.0. The van der Waals surface area contributed by atoms with Gasteiger partial charge in [0.25, 0.3) is 0 Å². The van der Waals surface area contributed by atoms with Gasteiger partial charge in [0.15, 0.2) is 0 Å². The molecular formula is C35H64F2N2O. The highest BCUT2D eigenvalue weighted by Gasteiger charge is 2.56. The summed E-state index contributed by atoms with van der Waals surface area (Å²) < 4.78 is 36.7. The van der Waals surface area contributed by atoms with Crippen molar-refractivity contribution in [1.29, 1.82) is 0 Å². The largest absolute Gasteiger partial charge is 0.378 e. The van der Waals surface area contributed by atoms with E-state index in [-0.39, 0.29) is 47.0 Å². The molecule has 4 rings (SSSR count). The van der Waals surface area contributed by atoms with Gasteiger partial charge in [0.2, 0.25) is 5.92 Å². The Balaban J connectivity index is 1.48. The number of alkyl halides is 2. The smallest absolute Gasteiger partial charge is 0.248 e. The molecule has 3 aliphatic heterocycles. The molecule has 0 amide bonds. The third-order valence-electron chi connectivity index (χ3n) is 13.5. The fraction of sp³-hybridized carbons (Fsp3) is 1.00. The van der Waals surface area contributed by atoms with Gasteiger partial charge in [-0.2, -0.15) is 0 Å². The normalized spacial score (nSPS) is 33.6. The van der Waals surface area contributed by atoms with Crippen LogP contribution in [0.3, 0.4) is 0 Å².